The van der Waals surface area contributed by atoms with Crippen LogP contribution in [0.1, 0.15) is 19.3 Å². The van der Waals surface area contributed by atoms with Gasteiger partial charge < -0.3 is 19.7 Å². The Balaban J connectivity index is -0.000000127. The number of ether oxygens (including phenoxy) is 2. The summed E-state index contributed by atoms with van der Waals surface area (Å²) in [6.45, 7) is -0.212. The van der Waals surface area contributed by atoms with Gasteiger partial charge in [-0.1, -0.05) is 0 Å². The summed E-state index contributed by atoms with van der Waals surface area (Å²) in [5.41, 5.74) is 0. The number of methoxy groups -OCH3 is 2. The third-order valence-corrected chi connectivity index (χ3v) is 1.98. The SMILES string of the molecule is COC(=O)CC(=O)CCO.COC(=O)CC(=O)CCl.C[O-].[Na+]. The van der Waals surface area contributed by atoms with E-state index >= 15 is 0 Å². The van der Waals surface area contributed by atoms with Crippen molar-refractivity contribution in [3.05, 3.63) is 0 Å². The Morgan fingerprint density at radius 3 is 1.59 bits per heavy atom. The summed E-state index contributed by atoms with van der Waals surface area (Å²) >= 11 is 5.10. The molecule has 0 fully saturated rings. The van der Waals surface area contributed by atoms with Crippen LogP contribution in [0, 0.1) is 0 Å². The molecule has 0 radical (unpaired) electrons. The van der Waals surface area contributed by atoms with E-state index in [9.17, 15) is 19.2 Å². The van der Waals surface area contributed by atoms with Crippen molar-refractivity contribution in [3.8, 4) is 0 Å². The molecule has 0 aromatic carbocycles. The van der Waals surface area contributed by atoms with E-state index in [1.165, 1.54) is 14.2 Å². The van der Waals surface area contributed by atoms with Gasteiger partial charge in [-0.15, -0.1) is 11.6 Å². The van der Waals surface area contributed by atoms with Gasteiger partial charge in [-0.05, 0) is 0 Å². The second kappa shape index (κ2) is 22.8. The van der Waals surface area contributed by atoms with Crippen LogP contribution in [0.25, 0.3) is 0 Å². The van der Waals surface area contributed by atoms with Gasteiger partial charge in [-0.3, -0.25) is 19.2 Å². The maximum Gasteiger partial charge on any atom is 1.00 e. The summed E-state index contributed by atoms with van der Waals surface area (Å²) in [5.74, 6) is -1.84. The largest absolute Gasteiger partial charge is 1.00 e. The number of halogens is 1. The third-order valence-electron chi connectivity index (χ3n) is 1.68. The minimum absolute atomic E-state index is 0. The molecule has 0 saturated carbocycles. The minimum atomic E-state index is -0.557. The van der Waals surface area contributed by atoms with Gasteiger partial charge in [0.2, 0.25) is 0 Å². The van der Waals surface area contributed by atoms with Crippen LogP contribution < -0.4 is 34.7 Å². The first-order valence-corrected chi connectivity index (χ1v) is 6.19. The summed E-state index contributed by atoms with van der Waals surface area (Å²) in [7, 11) is 3.19. The van der Waals surface area contributed by atoms with Gasteiger partial charge in [-0.2, -0.15) is 7.11 Å². The van der Waals surface area contributed by atoms with Crippen LogP contribution in [0.5, 0.6) is 0 Å². The van der Waals surface area contributed by atoms with Gasteiger partial charge in [0.25, 0.3) is 0 Å². The first-order chi connectivity index (χ1) is 9.90. The van der Waals surface area contributed by atoms with Crippen LogP contribution in [-0.2, 0) is 28.7 Å². The Labute approximate surface area is 156 Å². The smallest absolute Gasteiger partial charge is 0.857 e. The van der Waals surface area contributed by atoms with Crippen LogP contribution >= 0.6 is 11.6 Å². The Hall–Kier alpha value is -0.510. The molecule has 0 bridgehead atoms. The topological polar surface area (TPSA) is 130 Å². The predicted molar refractivity (Wildman–Crippen MR) is 71.6 cm³/mol. The van der Waals surface area contributed by atoms with Gasteiger partial charge in [0.05, 0.1) is 20.1 Å². The van der Waals surface area contributed by atoms with Crippen molar-refractivity contribution in [1.82, 2.24) is 0 Å². The first-order valence-electron chi connectivity index (χ1n) is 5.65. The number of rotatable bonds is 7. The molecule has 0 atom stereocenters. The molecule has 0 aliphatic heterocycles. The van der Waals surface area contributed by atoms with Gasteiger partial charge in [0.15, 0.2) is 5.78 Å². The van der Waals surface area contributed by atoms with Crippen molar-refractivity contribution in [2.75, 3.05) is 33.8 Å². The maximum absolute atomic E-state index is 10.6. The fourth-order valence-corrected chi connectivity index (χ4v) is 0.821. The molecule has 0 aliphatic rings. The van der Waals surface area contributed by atoms with Gasteiger partial charge in [0.1, 0.15) is 18.6 Å². The number of carbonyl (C=O) groups excluding carboxylic acids is 4. The number of aliphatic hydroxyl groups excluding tert-OH is 1. The number of esters is 2. The minimum Gasteiger partial charge on any atom is -0.857 e. The molecule has 1 N–H and O–H groups in total. The molecule has 0 unspecified atom stereocenters. The van der Waals surface area contributed by atoms with Crippen LogP contribution in [-0.4, -0.2) is 62.4 Å². The predicted octanol–water partition coefficient (Wildman–Crippen LogP) is -4.16. The number of alkyl halides is 1. The molecule has 10 heteroatoms. The summed E-state index contributed by atoms with van der Waals surface area (Å²) in [6.07, 6.45) is -0.438. The molecule has 0 aliphatic carbocycles. The van der Waals surface area contributed by atoms with Crippen molar-refractivity contribution in [1.29, 1.82) is 0 Å². The molecule has 0 aromatic heterocycles. The number of hydrogen-bond donors (Lipinski definition) is 1. The fourth-order valence-electron chi connectivity index (χ4n) is 0.727. The zero-order chi connectivity index (χ0) is 17.3. The van der Waals surface area contributed by atoms with Crippen molar-refractivity contribution >= 4 is 35.1 Å². The first kappa shape index (κ1) is 29.5. The molecule has 0 heterocycles. The Morgan fingerprint density at radius 2 is 1.32 bits per heavy atom. The van der Waals surface area contributed by atoms with Gasteiger partial charge in [-0.25, -0.2) is 0 Å². The van der Waals surface area contributed by atoms with E-state index in [0.29, 0.717) is 0 Å². The quantitative estimate of drug-likeness (QED) is 0.212. The zero-order valence-corrected chi connectivity index (χ0v) is 16.0. The maximum atomic E-state index is 10.6. The van der Waals surface area contributed by atoms with E-state index in [4.69, 9.17) is 21.8 Å². The number of hydrogen-bond acceptors (Lipinski definition) is 8. The standard InChI is InChI=1S/C6H10O4.C5H7ClO3.CH3O.Na/c1-10-6(9)4-5(8)2-3-7;1-9-5(8)2-4(7)3-6;1-2;/h7H,2-4H2,1H3;2-3H2,1H3;1H3;/q;;-1;+1. The molecule has 0 spiro atoms. The zero-order valence-electron chi connectivity index (χ0n) is 13.2. The molecule has 0 amide bonds. The van der Waals surface area contributed by atoms with Crippen LogP contribution in [0.4, 0.5) is 0 Å². The van der Waals surface area contributed by atoms with Crippen LogP contribution in [0.3, 0.4) is 0 Å². The van der Waals surface area contributed by atoms with Crippen LogP contribution in [0.15, 0.2) is 0 Å². The van der Waals surface area contributed by atoms with E-state index in [1.807, 2.05) is 0 Å². The van der Waals surface area contributed by atoms with Crippen molar-refractivity contribution in [2.24, 2.45) is 0 Å². The molecular weight excluding hydrogens is 331 g/mol. The Bertz CT molecular complexity index is 308. The van der Waals surface area contributed by atoms with E-state index in [2.05, 4.69) is 9.47 Å². The number of ketones is 2. The Morgan fingerprint density at radius 1 is 0.955 bits per heavy atom. The summed E-state index contributed by atoms with van der Waals surface area (Å²) in [5, 5.41) is 16.5. The normalized spacial score (nSPS) is 7.91. The molecule has 0 saturated heterocycles. The number of carbonyl (C=O) groups is 4. The summed E-state index contributed by atoms with van der Waals surface area (Å²) in [4.78, 5) is 41.6. The third kappa shape index (κ3) is 24.5. The van der Waals surface area contributed by atoms with E-state index in [0.717, 1.165) is 7.11 Å². The van der Waals surface area contributed by atoms with Crippen molar-refractivity contribution in [2.45, 2.75) is 19.3 Å². The van der Waals surface area contributed by atoms with Gasteiger partial charge in [0, 0.05) is 13.0 Å². The van der Waals surface area contributed by atoms with E-state index < -0.39 is 11.9 Å². The molecule has 0 aromatic rings. The molecule has 124 valence electrons. The van der Waals surface area contributed by atoms with E-state index in [1.54, 1.807) is 0 Å². The summed E-state index contributed by atoms with van der Waals surface area (Å²) in [6, 6.07) is 0. The molecular formula is C12H20ClNaO8. The monoisotopic (exact) mass is 350 g/mol. The van der Waals surface area contributed by atoms with Crippen molar-refractivity contribution in [3.63, 3.8) is 0 Å². The number of Topliss-reactive ketones (excluding diaryl/α,β-unsaturated/α-hetero) is 2. The fraction of sp³-hybridized carbons (Fsp3) is 0.667. The molecule has 0 rings (SSSR count). The van der Waals surface area contributed by atoms with Crippen LogP contribution in [0.2, 0.25) is 0 Å². The second-order valence-electron chi connectivity index (χ2n) is 3.19. The number of aliphatic hydroxyl groups is 1. The van der Waals surface area contributed by atoms with Crippen molar-refractivity contribution < 1.29 is 68.4 Å². The average molecular weight is 351 g/mol. The average Bonchev–Trinajstić information content (AvgIpc) is 2.49. The molecule has 22 heavy (non-hydrogen) atoms. The molecule has 8 nitrogen and oxygen atoms in total. The second-order valence-corrected chi connectivity index (χ2v) is 3.46. The summed E-state index contributed by atoms with van der Waals surface area (Å²) < 4.78 is 8.43. The van der Waals surface area contributed by atoms with Gasteiger partial charge >= 0.3 is 41.5 Å². The Kier molecular flexibility index (Phi) is 30.5. The van der Waals surface area contributed by atoms with E-state index in [-0.39, 0.29) is 72.9 Å².